The van der Waals surface area contributed by atoms with E-state index in [1.54, 1.807) is 0 Å². The summed E-state index contributed by atoms with van der Waals surface area (Å²) in [7, 11) is 0. The maximum atomic E-state index is 10.6. The molecule has 1 amide bonds. The van der Waals surface area contributed by atoms with Gasteiger partial charge in [-0.3, -0.25) is 0 Å². The number of halogens is 1. The van der Waals surface area contributed by atoms with Gasteiger partial charge in [-0.05, 0) is 12.1 Å². The van der Waals surface area contributed by atoms with Crippen LogP contribution in [0.1, 0.15) is 11.7 Å². The number of nitrogens with two attached hydrogens (primary N) is 1. The molecule has 0 aromatic heterocycles. The van der Waals surface area contributed by atoms with Crippen LogP contribution < -0.4 is 10.5 Å². The molecule has 2 rings (SSSR count). The molecule has 0 spiro atoms. The summed E-state index contributed by atoms with van der Waals surface area (Å²) in [5.74, 6) is 0.727. The Kier molecular flexibility index (Phi) is 2.33. The Balaban J connectivity index is 2.26. The van der Waals surface area contributed by atoms with Gasteiger partial charge in [0.1, 0.15) is 12.4 Å². The van der Waals surface area contributed by atoms with Gasteiger partial charge in [0, 0.05) is 10.0 Å². The van der Waals surface area contributed by atoms with Crippen molar-refractivity contribution in [2.45, 2.75) is 6.10 Å². The van der Waals surface area contributed by atoms with E-state index in [1.807, 2.05) is 18.2 Å². The third-order valence-electron chi connectivity index (χ3n) is 1.97. The molecule has 0 aliphatic carbocycles. The zero-order chi connectivity index (χ0) is 10.1. The van der Waals surface area contributed by atoms with Crippen LogP contribution in [0.5, 0.6) is 5.75 Å². The standard InChI is InChI=1S/C9H8BrNO3/c10-5-1-2-6-7(3-5)13-4-8(6)14-9(11)12/h1-3,8H,4H2,(H2,11,12). The molecule has 14 heavy (non-hydrogen) atoms. The van der Waals surface area contributed by atoms with Crippen LogP contribution in [-0.2, 0) is 4.74 Å². The average Bonchev–Trinajstić information content (AvgIpc) is 2.47. The predicted molar refractivity (Wildman–Crippen MR) is 53.0 cm³/mol. The van der Waals surface area contributed by atoms with Gasteiger partial charge in [-0.15, -0.1) is 0 Å². The minimum absolute atomic E-state index is 0.328. The summed E-state index contributed by atoms with van der Waals surface area (Å²) in [5, 5.41) is 0. The second-order valence-electron chi connectivity index (χ2n) is 2.92. The molecule has 1 aromatic carbocycles. The number of fused-ring (bicyclic) bond motifs is 1. The number of hydrogen-bond acceptors (Lipinski definition) is 3. The van der Waals surface area contributed by atoms with E-state index < -0.39 is 6.09 Å². The second-order valence-corrected chi connectivity index (χ2v) is 3.83. The SMILES string of the molecule is NC(=O)OC1COc2cc(Br)ccc21. The van der Waals surface area contributed by atoms with Gasteiger partial charge in [0.2, 0.25) is 0 Å². The molecule has 1 aliphatic rings. The highest BCUT2D eigenvalue weighted by molar-refractivity contribution is 9.10. The molecule has 1 aromatic rings. The van der Waals surface area contributed by atoms with E-state index in [0.29, 0.717) is 6.61 Å². The molecule has 2 N–H and O–H groups in total. The number of primary amides is 1. The number of rotatable bonds is 1. The second kappa shape index (κ2) is 3.49. The smallest absolute Gasteiger partial charge is 0.405 e. The lowest BCUT2D eigenvalue weighted by Gasteiger charge is -2.07. The largest absolute Gasteiger partial charge is 0.489 e. The van der Waals surface area contributed by atoms with Crippen molar-refractivity contribution >= 4 is 22.0 Å². The van der Waals surface area contributed by atoms with Crippen molar-refractivity contribution in [3.05, 3.63) is 28.2 Å². The maximum Gasteiger partial charge on any atom is 0.405 e. The Morgan fingerprint density at radius 1 is 1.64 bits per heavy atom. The van der Waals surface area contributed by atoms with Crippen LogP contribution in [0.3, 0.4) is 0 Å². The number of carbonyl (C=O) groups excluding carboxylic acids is 1. The van der Waals surface area contributed by atoms with E-state index in [9.17, 15) is 4.79 Å². The quantitative estimate of drug-likeness (QED) is 0.837. The van der Waals surface area contributed by atoms with Gasteiger partial charge in [0.05, 0.1) is 0 Å². The van der Waals surface area contributed by atoms with Crippen molar-refractivity contribution in [2.75, 3.05) is 6.61 Å². The summed E-state index contributed by atoms with van der Waals surface area (Å²) >= 11 is 3.32. The number of ether oxygens (including phenoxy) is 2. The molecule has 5 heteroatoms. The van der Waals surface area contributed by atoms with Crippen molar-refractivity contribution in [3.8, 4) is 5.75 Å². The average molecular weight is 258 g/mol. The van der Waals surface area contributed by atoms with Gasteiger partial charge in [0.25, 0.3) is 0 Å². The van der Waals surface area contributed by atoms with E-state index in [0.717, 1.165) is 15.8 Å². The van der Waals surface area contributed by atoms with Crippen molar-refractivity contribution in [1.29, 1.82) is 0 Å². The fourth-order valence-electron chi connectivity index (χ4n) is 1.39. The Morgan fingerprint density at radius 2 is 2.43 bits per heavy atom. The van der Waals surface area contributed by atoms with Crippen LogP contribution in [-0.4, -0.2) is 12.7 Å². The fraction of sp³-hybridized carbons (Fsp3) is 0.222. The lowest BCUT2D eigenvalue weighted by Crippen LogP contribution is -2.18. The summed E-state index contributed by atoms with van der Waals surface area (Å²) in [6.07, 6.45) is -1.16. The van der Waals surface area contributed by atoms with Gasteiger partial charge in [0.15, 0.2) is 6.10 Å². The normalized spacial score (nSPS) is 18.5. The number of benzene rings is 1. The van der Waals surface area contributed by atoms with E-state index in [-0.39, 0.29) is 6.10 Å². The molecule has 0 fully saturated rings. The summed E-state index contributed by atoms with van der Waals surface area (Å²) in [5.41, 5.74) is 5.79. The van der Waals surface area contributed by atoms with Crippen LogP contribution in [0, 0.1) is 0 Å². The van der Waals surface area contributed by atoms with Gasteiger partial charge in [-0.2, -0.15) is 0 Å². The van der Waals surface area contributed by atoms with Crippen LogP contribution in [0.2, 0.25) is 0 Å². The highest BCUT2D eigenvalue weighted by Crippen LogP contribution is 2.36. The molecular weight excluding hydrogens is 250 g/mol. The molecule has 0 bridgehead atoms. The highest BCUT2D eigenvalue weighted by Gasteiger charge is 2.26. The first kappa shape index (κ1) is 9.33. The highest BCUT2D eigenvalue weighted by atomic mass is 79.9. The molecular formula is C9H8BrNO3. The van der Waals surface area contributed by atoms with Crippen LogP contribution in [0.15, 0.2) is 22.7 Å². The lowest BCUT2D eigenvalue weighted by molar-refractivity contribution is 0.0906. The lowest BCUT2D eigenvalue weighted by atomic mass is 10.1. The molecule has 1 unspecified atom stereocenters. The van der Waals surface area contributed by atoms with Crippen LogP contribution in [0.25, 0.3) is 0 Å². The Hall–Kier alpha value is -1.23. The summed E-state index contributed by atoms with van der Waals surface area (Å²) in [6.45, 7) is 0.328. The molecule has 1 atom stereocenters. The van der Waals surface area contributed by atoms with Gasteiger partial charge < -0.3 is 15.2 Å². The third kappa shape index (κ3) is 1.68. The molecule has 0 saturated heterocycles. The molecule has 0 saturated carbocycles. The first-order valence-electron chi connectivity index (χ1n) is 4.05. The van der Waals surface area contributed by atoms with E-state index >= 15 is 0 Å². The Morgan fingerprint density at radius 3 is 3.14 bits per heavy atom. The van der Waals surface area contributed by atoms with Crippen molar-refractivity contribution < 1.29 is 14.3 Å². The maximum absolute atomic E-state index is 10.6. The van der Waals surface area contributed by atoms with E-state index in [4.69, 9.17) is 15.2 Å². The van der Waals surface area contributed by atoms with Crippen molar-refractivity contribution in [3.63, 3.8) is 0 Å². The fourth-order valence-corrected chi connectivity index (χ4v) is 1.73. The van der Waals surface area contributed by atoms with Gasteiger partial charge in [-0.25, -0.2) is 4.79 Å². The van der Waals surface area contributed by atoms with Crippen LogP contribution in [0.4, 0.5) is 4.79 Å². The molecule has 1 heterocycles. The number of hydrogen-bond donors (Lipinski definition) is 1. The summed E-state index contributed by atoms with van der Waals surface area (Å²) in [6, 6.07) is 5.55. The zero-order valence-electron chi connectivity index (χ0n) is 7.20. The Labute approximate surface area is 89.1 Å². The zero-order valence-corrected chi connectivity index (χ0v) is 8.78. The summed E-state index contributed by atoms with van der Waals surface area (Å²) in [4.78, 5) is 10.6. The third-order valence-corrected chi connectivity index (χ3v) is 2.46. The van der Waals surface area contributed by atoms with Gasteiger partial charge >= 0.3 is 6.09 Å². The van der Waals surface area contributed by atoms with Crippen molar-refractivity contribution in [1.82, 2.24) is 0 Å². The van der Waals surface area contributed by atoms with Gasteiger partial charge in [-0.1, -0.05) is 22.0 Å². The minimum atomic E-state index is -0.783. The van der Waals surface area contributed by atoms with Crippen LogP contribution >= 0.6 is 15.9 Å². The Bertz CT molecular complexity index is 380. The van der Waals surface area contributed by atoms with E-state index in [2.05, 4.69) is 15.9 Å². The van der Waals surface area contributed by atoms with E-state index in [1.165, 1.54) is 0 Å². The molecule has 1 aliphatic heterocycles. The monoisotopic (exact) mass is 257 g/mol. The number of carbonyl (C=O) groups is 1. The predicted octanol–water partition coefficient (Wildman–Crippen LogP) is 1.98. The minimum Gasteiger partial charge on any atom is -0.489 e. The first-order valence-corrected chi connectivity index (χ1v) is 4.84. The molecule has 0 radical (unpaired) electrons. The first-order chi connectivity index (χ1) is 6.66. The molecule has 74 valence electrons. The number of amides is 1. The molecule has 4 nitrogen and oxygen atoms in total. The summed E-state index contributed by atoms with van der Waals surface area (Å²) < 4.78 is 11.1. The topological polar surface area (TPSA) is 61.6 Å². The van der Waals surface area contributed by atoms with Crippen molar-refractivity contribution in [2.24, 2.45) is 5.73 Å².